The van der Waals surface area contributed by atoms with Crippen molar-refractivity contribution in [2.45, 2.75) is 19.4 Å². The summed E-state index contributed by atoms with van der Waals surface area (Å²) >= 11 is 0. The van der Waals surface area contributed by atoms with Gasteiger partial charge in [-0.3, -0.25) is 9.69 Å². The van der Waals surface area contributed by atoms with Crippen molar-refractivity contribution in [3.05, 3.63) is 23.9 Å². The summed E-state index contributed by atoms with van der Waals surface area (Å²) < 4.78 is 0. The predicted octanol–water partition coefficient (Wildman–Crippen LogP) is 0.976. The van der Waals surface area contributed by atoms with Crippen molar-refractivity contribution < 1.29 is 14.7 Å². The minimum atomic E-state index is -1.09. The first-order chi connectivity index (χ1) is 8.18. The summed E-state index contributed by atoms with van der Waals surface area (Å²) in [5, 5.41) is 10.9. The number of nitrogens with zero attached hydrogens (tertiary/aromatic N) is 2. The van der Waals surface area contributed by atoms with E-state index in [4.69, 9.17) is 5.11 Å². The molecule has 0 atom stereocenters. The third-order valence-electron chi connectivity index (χ3n) is 2.63. The van der Waals surface area contributed by atoms with Gasteiger partial charge in [0, 0.05) is 31.3 Å². The van der Waals surface area contributed by atoms with Crippen LogP contribution in [0.4, 0.5) is 10.6 Å². The summed E-state index contributed by atoms with van der Waals surface area (Å²) in [6, 6.07) is 3.49. The molecular formula is C11H13N3O3. The lowest BCUT2D eigenvalue weighted by Crippen LogP contribution is -2.28. The van der Waals surface area contributed by atoms with E-state index < -0.39 is 6.09 Å². The van der Waals surface area contributed by atoms with Crippen LogP contribution in [0.2, 0.25) is 0 Å². The summed E-state index contributed by atoms with van der Waals surface area (Å²) in [4.78, 5) is 27.8. The highest BCUT2D eigenvalue weighted by atomic mass is 16.4. The van der Waals surface area contributed by atoms with Crippen molar-refractivity contribution in [1.82, 2.24) is 10.3 Å². The summed E-state index contributed by atoms with van der Waals surface area (Å²) in [6.45, 7) is 0.804. The van der Waals surface area contributed by atoms with Crippen molar-refractivity contribution >= 4 is 17.8 Å². The number of anilines is 1. The Bertz CT molecular complexity index is 447. The molecule has 1 aromatic heterocycles. The van der Waals surface area contributed by atoms with E-state index in [1.54, 1.807) is 23.2 Å². The molecule has 2 N–H and O–H groups in total. The Morgan fingerprint density at radius 1 is 1.59 bits per heavy atom. The van der Waals surface area contributed by atoms with Crippen molar-refractivity contribution in [2.24, 2.45) is 0 Å². The Balaban J connectivity index is 2.20. The van der Waals surface area contributed by atoms with Gasteiger partial charge in [0.2, 0.25) is 5.91 Å². The standard InChI is InChI=1S/C11H13N3O3/c15-9-4-2-6-14(9)10-8(3-1-5-12-10)7-13-11(16)17/h1,3,5,13H,2,4,6-7H2,(H,16,17). The zero-order valence-electron chi connectivity index (χ0n) is 9.22. The summed E-state index contributed by atoms with van der Waals surface area (Å²) in [6.07, 6.45) is 1.86. The minimum Gasteiger partial charge on any atom is -0.465 e. The van der Waals surface area contributed by atoms with Crippen LogP contribution in [0.15, 0.2) is 18.3 Å². The summed E-state index contributed by atoms with van der Waals surface area (Å²) in [5.74, 6) is 0.601. The van der Waals surface area contributed by atoms with Crippen LogP contribution in [0.25, 0.3) is 0 Å². The second-order valence-electron chi connectivity index (χ2n) is 3.79. The highest BCUT2D eigenvalue weighted by Gasteiger charge is 2.24. The number of hydrogen-bond donors (Lipinski definition) is 2. The molecule has 0 aromatic carbocycles. The highest BCUT2D eigenvalue weighted by Crippen LogP contribution is 2.22. The number of carbonyl (C=O) groups excluding carboxylic acids is 1. The number of carboxylic acid groups (broad SMARTS) is 1. The summed E-state index contributed by atoms with van der Waals surface area (Å²) in [7, 11) is 0. The van der Waals surface area contributed by atoms with Gasteiger partial charge in [-0.2, -0.15) is 0 Å². The largest absolute Gasteiger partial charge is 0.465 e. The maximum Gasteiger partial charge on any atom is 0.404 e. The van der Waals surface area contributed by atoms with Gasteiger partial charge in [0.05, 0.1) is 0 Å². The van der Waals surface area contributed by atoms with E-state index in [0.717, 1.165) is 6.42 Å². The topological polar surface area (TPSA) is 82.5 Å². The molecule has 0 radical (unpaired) electrons. The van der Waals surface area contributed by atoms with Crippen LogP contribution < -0.4 is 10.2 Å². The molecule has 17 heavy (non-hydrogen) atoms. The van der Waals surface area contributed by atoms with Crippen molar-refractivity contribution in [3.63, 3.8) is 0 Å². The number of aromatic nitrogens is 1. The average Bonchev–Trinajstić information content (AvgIpc) is 2.73. The number of pyridine rings is 1. The molecule has 90 valence electrons. The highest BCUT2D eigenvalue weighted by molar-refractivity contribution is 5.95. The van der Waals surface area contributed by atoms with Gasteiger partial charge in [-0.25, -0.2) is 9.78 Å². The third-order valence-corrected chi connectivity index (χ3v) is 2.63. The van der Waals surface area contributed by atoms with E-state index in [-0.39, 0.29) is 12.5 Å². The van der Waals surface area contributed by atoms with Crippen LogP contribution in [0.1, 0.15) is 18.4 Å². The quantitative estimate of drug-likeness (QED) is 0.818. The molecule has 0 unspecified atom stereocenters. The van der Waals surface area contributed by atoms with Gasteiger partial charge in [0.1, 0.15) is 5.82 Å². The molecule has 1 fully saturated rings. The fourth-order valence-electron chi connectivity index (χ4n) is 1.85. The molecule has 0 aliphatic carbocycles. The van der Waals surface area contributed by atoms with Crippen LogP contribution in [0.5, 0.6) is 0 Å². The smallest absolute Gasteiger partial charge is 0.404 e. The Labute approximate surface area is 98.3 Å². The van der Waals surface area contributed by atoms with E-state index in [1.165, 1.54) is 0 Å². The molecule has 1 saturated heterocycles. The molecule has 6 nitrogen and oxygen atoms in total. The molecule has 1 aromatic rings. The molecule has 1 aliphatic rings. The molecule has 2 heterocycles. The summed E-state index contributed by atoms with van der Waals surface area (Å²) in [5.41, 5.74) is 0.713. The number of carbonyl (C=O) groups is 2. The molecule has 1 aliphatic heterocycles. The number of amides is 2. The molecule has 0 spiro atoms. The average molecular weight is 235 g/mol. The molecule has 2 amide bonds. The molecular weight excluding hydrogens is 222 g/mol. The monoisotopic (exact) mass is 235 g/mol. The van der Waals surface area contributed by atoms with Crippen LogP contribution in [-0.4, -0.2) is 28.6 Å². The van der Waals surface area contributed by atoms with Crippen molar-refractivity contribution in [3.8, 4) is 0 Å². The van der Waals surface area contributed by atoms with Gasteiger partial charge < -0.3 is 10.4 Å². The Morgan fingerprint density at radius 2 is 2.41 bits per heavy atom. The normalized spacial score (nSPS) is 15.1. The lowest BCUT2D eigenvalue weighted by Gasteiger charge is -2.17. The first kappa shape index (κ1) is 11.4. The van der Waals surface area contributed by atoms with E-state index in [1.807, 2.05) is 0 Å². The number of hydrogen-bond acceptors (Lipinski definition) is 3. The van der Waals surface area contributed by atoms with Gasteiger partial charge in [-0.05, 0) is 12.5 Å². The van der Waals surface area contributed by atoms with Crippen LogP contribution in [0.3, 0.4) is 0 Å². The van der Waals surface area contributed by atoms with Gasteiger partial charge >= 0.3 is 6.09 Å². The SMILES string of the molecule is O=C(O)NCc1cccnc1N1CCCC1=O. The Morgan fingerprint density at radius 3 is 3.06 bits per heavy atom. The zero-order valence-corrected chi connectivity index (χ0v) is 9.22. The van der Waals surface area contributed by atoms with E-state index in [9.17, 15) is 9.59 Å². The molecule has 0 bridgehead atoms. The predicted molar refractivity (Wildman–Crippen MR) is 60.7 cm³/mol. The van der Waals surface area contributed by atoms with E-state index in [2.05, 4.69) is 10.3 Å². The van der Waals surface area contributed by atoms with Gasteiger partial charge in [-0.15, -0.1) is 0 Å². The van der Waals surface area contributed by atoms with E-state index in [0.29, 0.717) is 24.3 Å². The van der Waals surface area contributed by atoms with Crippen molar-refractivity contribution in [1.29, 1.82) is 0 Å². The first-order valence-corrected chi connectivity index (χ1v) is 5.39. The van der Waals surface area contributed by atoms with Gasteiger partial charge in [-0.1, -0.05) is 6.07 Å². The Kier molecular flexibility index (Phi) is 3.22. The minimum absolute atomic E-state index is 0.0419. The first-order valence-electron chi connectivity index (χ1n) is 5.39. The molecule has 6 heteroatoms. The number of nitrogens with one attached hydrogen (secondary N) is 1. The fraction of sp³-hybridized carbons (Fsp3) is 0.364. The second kappa shape index (κ2) is 4.82. The maximum atomic E-state index is 11.6. The third kappa shape index (κ3) is 2.52. The zero-order chi connectivity index (χ0) is 12.3. The molecule has 0 saturated carbocycles. The fourth-order valence-corrected chi connectivity index (χ4v) is 1.85. The van der Waals surface area contributed by atoms with Crippen LogP contribution in [0, 0.1) is 0 Å². The lowest BCUT2D eigenvalue weighted by atomic mass is 10.2. The maximum absolute atomic E-state index is 11.6. The van der Waals surface area contributed by atoms with Crippen molar-refractivity contribution in [2.75, 3.05) is 11.4 Å². The van der Waals surface area contributed by atoms with Gasteiger partial charge in [0.25, 0.3) is 0 Å². The molecule has 2 rings (SSSR count). The van der Waals surface area contributed by atoms with Gasteiger partial charge in [0.15, 0.2) is 0 Å². The number of rotatable bonds is 3. The van der Waals surface area contributed by atoms with Crippen LogP contribution in [-0.2, 0) is 11.3 Å². The van der Waals surface area contributed by atoms with E-state index >= 15 is 0 Å². The van der Waals surface area contributed by atoms with Crippen LogP contribution >= 0.6 is 0 Å². The lowest BCUT2D eigenvalue weighted by molar-refractivity contribution is -0.117. The Hall–Kier alpha value is -2.11. The second-order valence-corrected chi connectivity index (χ2v) is 3.79.